The maximum Gasteiger partial charge on any atom is 0.344 e. The van der Waals surface area contributed by atoms with Gasteiger partial charge in [0, 0.05) is 13.2 Å². The first kappa shape index (κ1) is 20.7. The van der Waals surface area contributed by atoms with Crippen molar-refractivity contribution >= 4 is 17.7 Å². The van der Waals surface area contributed by atoms with Crippen LogP contribution in [0.15, 0.2) is 34.2 Å². The Labute approximate surface area is 169 Å². The first-order valence-electron chi connectivity index (χ1n) is 9.78. The van der Waals surface area contributed by atoms with Gasteiger partial charge in [0.05, 0.1) is 18.4 Å². The topological polar surface area (TPSA) is 89.0 Å². The van der Waals surface area contributed by atoms with Crippen molar-refractivity contribution in [2.24, 2.45) is 0 Å². The molecule has 28 heavy (non-hydrogen) atoms. The number of benzene rings is 1. The number of carbonyl (C=O) groups is 1. The highest BCUT2D eigenvalue weighted by atomic mass is 32.2. The molecule has 7 nitrogen and oxygen atoms in total. The summed E-state index contributed by atoms with van der Waals surface area (Å²) in [4.78, 5) is 24.1. The molecular formula is C20H28N4O3S. The van der Waals surface area contributed by atoms with E-state index < -0.39 is 0 Å². The van der Waals surface area contributed by atoms with Gasteiger partial charge in [0.25, 0.3) is 0 Å². The fourth-order valence-corrected chi connectivity index (χ4v) is 3.95. The van der Waals surface area contributed by atoms with E-state index in [9.17, 15) is 9.59 Å². The summed E-state index contributed by atoms with van der Waals surface area (Å²) in [6.45, 7) is 6.15. The fourth-order valence-electron chi connectivity index (χ4n) is 3.16. The Morgan fingerprint density at radius 2 is 2.18 bits per heavy atom. The highest BCUT2D eigenvalue weighted by Gasteiger charge is 2.20. The summed E-state index contributed by atoms with van der Waals surface area (Å²) in [6.07, 6.45) is 2.80. The molecule has 0 unspecified atom stereocenters. The maximum atomic E-state index is 12.1. The number of aromatic amines is 1. The van der Waals surface area contributed by atoms with Gasteiger partial charge in [-0.3, -0.25) is 9.36 Å². The number of amides is 1. The van der Waals surface area contributed by atoms with Crippen molar-refractivity contribution < 1.29 is 9.53 Å². The lowest BCUT2D eigenvalue weighted by Gasteiger charge is -2.11. The third-order valence-electron chi connectivity index (χ3n) is 4.85. The molecule has 8 heteroatoms. The third-order valence-corrected chi connectivity index (χ3v) is 5.82. The molecular weight excluding hydrogens is 376 g/mol. The molecule has 3 rings (SSSR count). The van der Waals surface area contributed by atoms with Crippen LogP contribution >= 0.6 is 11.8 Å². The van der Waals surface area contributed by atoms with Crippen molar-refractivity contribution in [3.8, 4) is 0 Å². The molecule has 2 heterocycles. The van der Waals surface area contributed by atoms with E-state index in [4.69, 9.17) is 4.74 Å². The van der Waals surface area contributed by atoms with E-state index in [0.717, 1.165) is 25.9 Å². The van der Waals surface area contributed by atoms with E-state index in [0.29, 0.717) is 24.2 Å². The number of hydrogen-bond donors (Lipinski definition) is 2. The van der Waals surface area contributed by atoms with Crippen molar-refractivity contribution in [1.29, 1.82) is 0 Å². The minimum absolute atomic E-state index is 0.0468. The van der Waals surface area contributed by atoms with E-state index in [1.54, 1.807) is 4.57 Å². The van der Waals surface area contributed by atoms with Gasteiger partial charge in [-0.25, -0.2) is 9.89 Å². The quantitative estimate of drug-likeness (QED) is 0.626. The van der Waals surface area contributed by atoms with Gasteiger partial charge in [0.2, 0.25) is 5.91 Å². The van der Waals surface area contributed by atoms with Crippen LogP contribution in [0.1, 0.15) is 43.7 Å². The second-order valence-electron chi connectivity index (χ2n) is 7.34. The first-order chi connectivity index (χ1) is 13.5. The Morgan fingerprint density at radius 3 is 2.86 bits per heavy atom. The molecule has 0 bridgehead atoms. The number of hydrogen-bond acceptors (Lipinski definition) is 5. The maximum absolute atomic E-state index is 12.1. The molecule has 1 amide bonds. The summed E-state index contributed by atoms with van der Waals surface area (Å²) >= 11 is 1.26. The van der Waals surface area contributed by atoms with Crippen LogP contribution in [-0.2, 0) is 22.5 Å². The van der Waals surface area contributed by atoms with Gasteiger partial charge in [0.15, 0.2) is 5.16 Å². The number of H-pyrrole nitrogens is 1. The van der Waals surface area contributed by atoms with Crippen LogP contribution in [0.2, 0.25) is 0 Å². The molecule has 0 spiro atoms. The van der Waals surface area contributed by atoms with Gasteiger partial charge in [-0.1, -0.05) is 49.9 Å². The molecule has 1 fully saturated rings. The minimum Gasteiger partial charge on any atom is -0.376 e. The fraction of sp³-hybridized carbons (Fsp3) is 0.550. The minimum atomic E-state index is -0.261. The Bertz CT molecular complexity index is 823. The zero-order chi connectivity index (χ0) is 19.9. The van der Waals surface area contributed by atoms with Crippen LogP contribution < -0.4 is 11.0 Å². The first-order valence-corrected chi connectivity index (χ1v) is 10.8. The van der Waals surface area contributed by atoms with Crippen molar-refractivity contribution in [3.63, 3.8) is 0 Å². The zero-order valence-corrected chi connectivity index (χ0v) is 17.3. The van der Waals surface area contributed by atoms with Gasteiger partial charge in [0.1, 0.15) is 0 Å². The number of ether oxygens (including phenoxy) is 1. The van der Waals surface area contributed by atoms with Gasteiger partial charge >= 0.3 is 5.69 Å². The van der Waals surface area contributed by atoms with Crippen LogP contribution in [-0.4, -0.2) is 45.7 Å². The number of nitrogens with one attached hydrogen (secondary N) is 2. The van der Waals surface area contributed by atoms with Crippen LogP contribution in [0.4, 0.5) is 0 Å². The van der Waals surface area contributed by atoms with E-state index in [1.807, 2.05) is 0 Å². The van der Waals surface area contributed by atoms with Gasteiger partial charge in [-0.15, -0.1) is 5.10 Å². The molecule has 152 valence electrons. The lowest BCUT2D eigenvalue weighted by atomic mass is 10.0. The summed E-state index contributed by atoms with van der Waals surface area (Å²) in [5, 5.41) is 9.95. The summed E-state index contributed by atoms with van der Waals surface area (Å²) in [7, 11) is 0. The molecule has 0 saturated carbocycles. The number of thioether (sulfide) groups is 1. The predicted molar refractivity (Wildman–Crippen MR) is 110 cm³/mol. The number of carbonyl (C=O) groups excluding carboxylic acids is 1. The lowest BCUT2D eigenvalue weighted by molar-refractivity contribution is -0.118. The van der Waals surface area contributed by atoms with Crippen LogP contribution in [0, 0.1) is 0 Å². The normalized spacial score (nSPS) is 16.6. The van der Waals surface area contributed by atoms with Crippen LogP contribution in [0.3, 0.4) is 0 Å². The Balaban J connectivity index is 1.42. The Kier molecular flexibility index (Phi) is 7.33. The SMILES string of the molecule is CC(C)c1ccc(CCNC(=O)CSc2n[nH]c(=O)n2C[C@H]2CCCO2)cc1. The monoisotopic (exact) mass is 404 g/mol. The van der Waals surface area contributed by atoms with Crippen molar-refractivity contribution in [2.75, 3.05) is 18.9 Å². The van der Waals surface area contributed by atoms with Gasteiger partial charge < -0.3 is 10.1 Å². The molecule has 1 saturated heterocycles. The van der Waals surface area contributed by atoms with Gasteiger partial charge in [-0.2, -0.15) is 0 Å². The van der Waals surface area contributed by atoms with E-state index in [1.165, 1.54) is 22.9 Å². The van der Waals surface area contributed by atoms with E-state index in [-0.39, 0.29) is 23.5 Å². The average Bonchev–Trinajstić information content (AvgIpc) is 3.32. The molecule has 2 N–H and O–H groups in total. The van der Waals surface area contributed by atoms with Crippen LogP contribution in [0.25, 0.3) is 0 Å². The molecule has 2 aromatic rings. The van der Waals surface area contributed by atoms with Gasteiger partial charge in [-0.05, 0) is 36.3 Å². The van der Waals surface area contributed by atoms with Crippen LogP contribution in [0.5, 0.6) is 0 Å². The van der Waals surface area contributed by atoms with Crippen molar-refractivity contribution in [3.05, 3.63) is 45.9 Å². The van der Waals surface area contributed by atoms with Crippen molar-refractivity contribution in [2.45, 2.75) is 56.8 Å². The molecule has 0 aliphatic carbocycles. The highest BCUT2D eigenvalue weighted by molar-refractivity contribution is 7.99. The van der Waals surface area contributed by atoms with E-state index >= 15 is 0 Å². The van der Waals surface area contributed by atoms with E-state index in [2.05, 4.69) is 53.6 Å². The largest absolute Gasteiger partial charge is 0.376 e. The molecule has 1 atom stereocenters. The average molecular weight is 405 g/mol. The Hall–Kier alpha value is -2.06. The molecule has 0 radical (unpaired) electrons. The summed E-state index contributed by atoms with van der Waals surface area (Å²) in [5.41, 5.74) is 2.26. The predicted octanol–water partition coefficient (Wildman–Crippen LogP) is 2.32. The smallest absolute Gasteiger partial charge is 0.344 e. The number of nitrogens with zero attached hydrogens (tertiary/aromatic N) is 2. The molecule has 1 aromatic heterocycles. The lowest BCUT2D eigenvalue weighted by Crippen LogP contribution is -2.28. The molecule has 1 aliphatic rings. The van der Waals surface area contributed by atoms with Crippen molar-refractivity contribution in [1.82, 2.24) is 20.1 Å². The third kappa shape index (κ3) is 5.72. The standard InChI is InChI=1S/C20H28N4O3S/c1-14(2)16-7-5-15(6-8-16)9-10-21-18(25)13-28-20-23-22-19(26)24(20)12-17-4-3-11-27-17/h5-8,14,17H,3-4,9-13H2,1-2H3,(H,21,25)(H,22,26)/t17-/m1/s1. The summed E-state index contributed by atoms with van der Waals surface area (Å²) < 4.78 is 7.15. The Morgan fingerprint density at radius 1 is 1.39 bits per heavy atom. The second-order valence-corrected chi connectivity index (χ2v) is 8.28. The number of rotatable bonds is 9. The second kappa shape index (κ2) is 9.93. The number of aromatic nitrogens is 3. The summed E-state index contributed by atoms with van der Waals surface area (Å²) in [5.74, 6) is 0.676. The zero-order valence-electron chi connectivity index (χ0n) is 16.4. The highest BCUT2D eigenvalue weighted by Crippen LogP contribution is 2.18. The summed E-state index contributed by atoms with van der Waals surface area (Å²) in [6, 6.07) is 8.51. The molecule has 1 aliphatic heterocycles. The molecule has 1 aromatic carbocycles.